The molecule has 0 atom stereocenters. The van der Waals surface area contributed by atoms with Crippen molar-refractivity contribution in [2.24, 2.45) is 5.10 Å². The molecule has 0 saturated heterocycles. The highest BCUT2D eigenvalue weighted by atomic mass is 32.1. The van der Waals surface area contributed by atoms with Crippen molar-refractivity contribution in [1.82, 2.24) is 19.9 Å². The SMILES string of the molecule is CN(C)Cc1csc(/C=N/Nc2ncnc3sc(C(C)(C)C)cc23)n1. The van der Waals surface area contributed by atoms with Gasteiger partial charge in [-0.1, -0.05) is 20.8 Å². The summed E-state index contributed by atoms with van der Waals surface area (Å²) in [4.78, 5) is 17.6. The summed E-state index contributed by atoms with van der Waals surface area (Å²) in [6, 6.07) is 2.15. The van der Waals surface area contributed by atoms with E-state index in [0.717, 1.165) is 33.3 Å². The summed E-state index contributed by atoms with van der Waals surface area (Å²) < 4.78 is 0. The van der Waals surface area contributed by atoms with E-state index in [4.69, 9.17) is 0 Å². The molecule has 132 valence electrons. The first-order valence-corrected chi connectivity index (χ1v) is 9.66. The minimum absolute atomic E-state index is 0.0929. The van der Waals surface area contributed by atoms with Crippen molar-refractivity contribution >= 4 is 44.9 Å². The fraction of sp³-hybridized carbons (Fsp3) is 0.412. The van der Waals surface area contributed by atoms with Crippen LogP contribution in [0, 0.1) is 0 Å². The summed E-state index contributed by atoms with van der Waals surface area (Å²) in [7, 11) is 4.06. The Labute approximate surface area is 155 Å². The quantitative estimate of drug-likeness (QED) is 0.541. The van der Waals surface area contributed by atoms with Crippen LogP contribution in [0.5, 0.6) is 0 Å². The predicted molar refractivity (Wildman–Crippen MR) is 107 cm³/mol. The van der Waals surface area contributed by atoms with E-state index >= 15 is 0 Å². The zero-order valence-corrected chi connectivity index (χ0v) is 16.7. The second kappa shape index (κ2) is 7.15. The smallest absolute Gasteiger partial charge is 0.158 e. The van der Waals surface area contributed by atoms with Crippen LogP contribution >= 0.6 is 22.7 Å². The number of thiazole rings is 1. The molecule has 0 spiro atoms. The van der Waals surface area contributed by atoms with Crippen molar-refractivity contribution in [3.8, 4) is 0 Å². The van der Waals surface area contributed by atoms with E-state index in [1.54, 1.807) is 35.2 Å². The van der Waals surface area contributed by atoms with E-state index in [1.807, 2.05) is 14.1 Å². The molecule has 8 heteroatoms. The van der Waals surface area contributed by atoms with E-state index in [-0.39, 0.29) is 5.41 Å². The van der Waals surface area contributed by atoms with Crippen LogP contribution < -0.4 is 5.43 Å². The summed E-state index contributed by atoms with van der Waals surface area (Å²) >= 11 is 3.28. The van der Waals surface area contributed by atoms with Gasteiger partial charge in [-0.05, 0) is 25.6 Å². The number of hydrogen-bond donors (Lipinski definition) is 1. The van der Waals surface area contributed by atoms with Gasteiger partial charge in [0.15, 0.2) is 5.82 Å². The fourth-order valence-corrected chi connectivity index (χ4v) is 3.97. The van der Waals surface area contributed by atoms with Crippen molar-refractivity contribution in [2.75, 3.05) is 19.5 Å². The lowest BCUT2D eigenvalue weighted by Gasteiger charge is -2.14. The Hall–Kier alpha value is -1.90. The monoisotopic (exact) mass is 374 g/mol. The van der Waals surface area contributed by atoms with Crippen LogP contribution in [-0.4, -0.2) is 40.2 Å². The van der Waals surface area contributed by atoms with Gasteiger partial charge in [0.25, 0.3) is 0 Å². The van der Waals surface area contributed by atoms with Gasteiger partial charge in [0, 0.05) is 16.8 Å². The zero-order chi connectivity index (χ0) is 18.0. The van der Waals surface area contributed by atoms with Crippen LogP contribution in [0.25, 0.3) is 10.2 Å². The Bertz CT molecular complexity index is 888. The normalized spacial score (nSPS) is 12.6. The highest BCUT2D eigenvalue weighted by Crippen LogP contribution is 2.35. The van der Waals surface area contributed by atoms with Crippen LogP contribution in [-0.2, 0) is 12.0 Å². The molecule has 3 heterocycles. The Morgan fingerprint density at radius 1 is 1.28 bits per heavy atom. The lowest BCUT2D eigenvalue weighted by molar-refractivity contribution is 0.398. The van der Waals surface area contributed by atoms with E-state index in [2.05, 4.69) is 62.6 Å². The standard InChI is InChI=1S/C17H22N6S2/c1-17(2,3)13-6-12-15(18-10-19-16(12)25-13)22-20-7-14-21-11(9-24-14)8-23(4)5/h6-7,9-10H,8H2,1-5H3,(H,18,19,22)/b20-7+. The van der Waals surface area contributed by atoms with Gasteiger partial charge < -0.3 is 4.90 Å². The fourth-order valence-electron chi connectivity index (χ4n) is 2.24. The molecule has 0 aliphatic heterocycles. The molecule has 0 saturated carbocycles. The van der Waals surface area contributed by atoms with Crippen molar-refractivity contribution < 1.29 is 0 Å². The average Bonchev–Trinajstić information content (AvgIpc) is 3.13. The Kier molecular flexibility index (Phi) is 5.12. The first kappa shape index (κ1) is 17.9. The number of thiophene rings is 1. The molecule has 3 aromatic heterocycles. The molecule has 0 unspecified atom stereocenters. The van der Waals surface area contributed by atoms with Gasteiger partial charge in [-0.15, -0.1) is 22.7 Å². The molecule has 0 aliphatic rings. The molecule has 1 N–H and O–H groups in total. The van der Waals surface area contributed by atoms with Gasteiger partial charge in [0.2, 0.25) is 0 Å². The summed E-state index contributed by atoms with van der Waals surface area (Å²) in [5.74, 6) is 0.720. The Balaban J connectivity index is 1.76. The number of fused-ring (bicyclic) bond motifs is 1. The molecule has 0 radical (unpaired) electrons. The molecule has 0 bridgehead atoms. The van der Waals surface area contributed by atoms with Gasteiger partial charge >= 0.3 is 0 Å². The molecular formula is C17H22N6S2. The van der Waals surface area contributed by atoms with Gasteiger partial charge in [0.05, 0.1) is 17.3 Å². The van der Waals surface area contributed by atoms with Crippen LogP contribution in [0.4, 0.5) is 5.82 Å². The topological polar surface area (TPSA) is 66.3 Å². The third-order valence-electron chi connectivity index (χ3n) is 3.46. The summed E-state index contributed by atoms with van der Waals surface area (Å²) in [6.45, 7) is 7.42. The van der Waals surface area contributed by atoms with Crippen molar-refractivity contribution in [3.63, 3.8) is 0 Å². The molecule has 3 rings (SSSR count). The maximum atomic E-state index is 4.54. The second-order valence-corrected chi connectivity index (χ2v) is 9.01. The minimum Gasteiger partial charge on any atom is -0.304 e. The van der Waals surface area contributed by atoms with Crippen LogP contribution in [0.15, 0.2) is 22.9 Å². The highest BCUT2D eigenvalue weighted by molar-refractivity contribution is 7.18. The molecule has 0 amide bonds. The number of anilines is 1. The summed E-state index contributed by atoms with van der Waals surface area (Å²) in [6.07, 6.45) is 3.30. The zero-order valence-electron chi connectivity index (χ0n) is 15.1. The summed E-state index contributed by atoms with van der Waals surface area (Å²) in [5, 5.41) is 8.23. The second-order valence-electron chi connectivity index (χ2n) is 7.09. The first-order chi connectivity index (χ1) is 11.8. The Morgan fingerprint density at radius 2 is 2.08 bits per heavy atom. The van der Waals surface area contributed by atoms with Crippen molar-refractivity contribution in [2.45, 2.75) is 32.7 Å². The van der Waals surface area contributed by atoms with Crippen molar-refractivity contribution in [1.29, 1.82) is 0 Å². The van der Waals surface area contributed by atoms with Crippen molar-refractivity contribution in [3.05, 3.63) is 33.4 Å². The number of aromatic nitrogens is 3. The molecule has 6 nitrogen and oxygen atoms in total. The van der Waals surface area contributed by atoms with Gasteiger partial charge in [-0.2, -0.15) is 5.10 Å². The van der Waals surface area contributed by atoms with Gasteiger partial charge in [-0.25, -0.2) is 15.0 Å². The minimum atomic E-state index is 0.0929. The molecular weight excluding hydrogens is 352 g/mol. The van der Waals surface area contributed by atoms with Crippen LogP contribution in [0.2, 0.25) is 0 Å². The predicted octanol–water partition coefficient (Wildman–Crippen LogP) is 3.95. The van der Waals surface area contributed by atoms with E-state index in [9.17, 15) is 0 Å². The van der Waals surface area contributed by atoms with Gasteiger partial charge in [0.1, 0.15) is 16.2 Å². The van der Waals surface area contributed by atoms with Crippen LogP contribution in [0.1, 0.15) is 36.3 Å². The molecule has 0 aromatic carbocycles. The average molecular weight is 375 g/mol. The maximum Gasteiger partial charge on any atom is 0.158 e. The third kappa shape index (κ3) is 4.39. The van der Waals surface area contributed by atoms with E-state index in [1.165, 1.54) is 4.88 Å². The Morgan fingerprint density at radius 3 is 2.80 bits per heavy atom. The highest BCUT2D eigenvalue weighted by Gasteiger charge is 2.18. The van der Waals surface area contributed by atoms with Crippen LogP contribution in [0.3, 0.4) is 0 Å². The first-order valence-electron chi connectivity index (χ1n) is 7.96. The lowest BCUT2D eigenvalue weighted by Crippen LogP contribution is -2.10. The van der Waals surface area contributed by atoms with Gasteiger partial charge in [-0.3, -0.25) is 5.43 Å². The van der Waals surface area contributed by atoms with E-state index in [0.29, 0.717) is 0 Å². The molecule has 0 aliphatic carbocycles. The largest absolute Gasteiger partial charge is 0.304 e. The molecule has 25 heavy (non-hydrogen) atoms. The number of nitrogens with zero attached hydrogens (tertiary/aromatic N) is 5. The molecule has 3 aromatic rings. The lowest BCUT2D eigenvalue weighted by atomic mass is 9.94. The number of hydrogen-bond acceptors (Lipinski definition) is 8. The number of rotatable bonds is 5. The number of nitrogens with one attached hydrogen (secondary N) is 1. The molecule has 0 fully saturated rings. The van der Waals surface area contributed by atoms with E-state index < -0.39 is 0 Å². The summed E-state index contributed by atoms with van der Waals surface area (Å²) in [5.41, 5.74) is 4.17. The maximum absolute atomic E-state index is 4.54. The third-order valence-corrected chi connectivity index (χ3v) is 5.76. The number of hydrazone groups is 1.